The first kappa shape index (κ1) is 15.6. The molecule has 4 rings (SSSR count). The van der Waals surface area contributed by atoms with Crippen LogP contribution in [0.5, 0.6) is 0 Å². The molecule has 0 spiro atoms. The van der Waals surface area contributed by atoms with E-state index in [1.54, 1.807) is 11.8 Å². The Labute approximate surface area is 140 Å². The van der Waals surface area contributed by atoms with Crippen molar-refractivity contribution < 1.29 is 5.11 Å². The molecule has 8 heteroatoms. The zero-order valence-corrected chi connectivity index (χ0v) is 14.4. The van der Waals surface area contributed by atoms with E-state index in [0.717, 1.165) is 50.4 Å². The van der Waals surface area contributed by atoms with Crippen LogP contribution in [0.2, 0.25) is 0 Å². The molecular formula is C15H24N6OS. The van der Waals surface area contributed by atoms with E-state index >= 15 is 0 Å². The molecule has 1 saturated heterocycles. The lowest BCUT2D eigenvalue weighted by molar-refractivity contribution is 0.101. The lowest BCUT2D eigenvalue weighted by Gasteiger charge is -2.38. The van der Waals surface area contributed by atoms with Gasteiger partial charge in [0.05, 0.1) is 13.2 Å². The SMILES string of the molecule is CSc1nc2n(n1)CC1CCC(N3CCN(CCO)CC3)C1=N2. The fourth-order valence-corrected chi connectivity index (χ4v) is 4.37. The number of nitrogens with zero attached hydrogens (tertiary/aromatic N) is 6. The van der Waals surface area contributed by atoms with Crippen LogP contribution in [0, 0.1) is 5.92 Å². The van der Waals surface area contributed by atoms with Crippen LogP contribution in [0.4, 0.5) is 5.95 Å². The molecule has 3 heterocycles. The topological polar surface area (TPSA) is 69.8 Å². The van der Waals surface area contributed by atoms with Crippen LogP contribution in [-0.2, 0) is 6.54 Å². The van der Waals surface area contributed by atoms with Gasteiger partial charge in [-0.3, -0.25) is 9.80 Å². The quantitative estimate of drug-likeness (QED) is 0.807. The largest absolute Gasteiger partial charge is 0.395 e. The summed E-state index contributed by atoms with van der Waals surface area (Å²) in [5.41, 5.74) is 1.33. The Morgan fingerprint density at radius 2 is 2.04 bits per heavy atom. The van der Waals surface area contributed by atoms with Crippen molar-refractivity contribution in [2.24, 2.45) is 10.9 Å². The van der Waals surface area contributed by atoms with E-state index in [9.17, 15) is 0 Å². The Kier molecular flexibility index (Phi) is 4.40. The zero-order valence-electron chi connectivity index (χ0n) is 13.6. The summed E-state index contributed by atoms with van der Waals surface area (Å²) in [6, 6.07) is 0.472. The second-order valence-electron chi connectivity index (χ2n) is 6.51. The van der Waals surface area contributed by atoms with Crippen molar-refractivity contribution in [3.63, 3.8) is 0 Å². The zero-order chi connectivity index (χ0) is 15.8. The van der Waals surface area contributed by atoms with Crippen LogP contribution in [0.25, 0.3) is 0 Å². The second kappa shape index (κ2) is 6.51. The van der Waals surface area contributed by atoms with Crippen molar-refractivity contribution in [1.82, 2.24) is 24.6 Å². The maximum atomic E-state index is 9.07. The molecule has 0 amide bonds. The summed E-state index contributed by atoms with van der Waals surface area (Å²) in [4.78, 5) is 14.3. The summed E-state index contributed by atoms with van der Waals surface area (Å²) in [7, 11) is 0. The Morgan fingerprint density at radius 3 is 2.78 bits per heavy atom. The van der Waals surface area contributed by atoms with Crippen LogP contribution < -0.4 is 0 Å². The average molecular weight is 336 g/mol. The van der Waals surface area contributed by atoms with Gasteiger partial charge in [0.15, 0.2) is 0 Å². The summed E-state index contributed by atoms with van der Waals surface area (Å²) >= 11 is 1.58. The van der Waals surface area contributed by atoms with E-state index in [4.69, 9.17) is 10.1 Å². The Morgan fingerprint density at radius 1 is 1.22 bits per heavy atom. The molecule has 0 bridgehead atoms. The highest BCUT2D eigenvalue weighted by molar-refractivity contribution is 7.98. The molecule has 2 fully saturated rings. The number of aliphatic imine (C=N–C) groups is 1. The van der Waals surface area contributed by atoms with Gasteiger partial charge in [0, 0.05) is 50.4 Å². The van der Waals surface area contributed by atoms with E-state index in [2.05, 4.69) is 19.9 Å². The van der Waals surface area contributed by atoms with Crippen LogP contribution in [-0.4, -0.2) is 87.0 Å². The number of aliphatic hydroxyl groups is 1. The van der Waals surface area contributed by atoms with Crippen molar-refractivity contribution in [3.05, 3.63) is 0 Å². The first-order chi connectivity index (χ1) is 11.3. The van der Waals surface area contributed by atoms with Gasteiger partial charge in [-0.2, -0.15) is 4.98 Å². The van der Waals surface area contributed by atoms with Gasteiger partial charge in [-0.15, -0.1) is 5.10 Å². The Hall–Kier alpha value is -0.960. The minimum Gasteiger partial charge on any atom is -0.395 e. The molecule has 2 atom stereocenters. The van der Waals surface area contributed by atoms with Gasteiger partial charge in [0.1, 0.15) is 0 Å². The third-order valence-electron chi connectivity index (χ3n) is 5.25. The predicted molar refractivity (Wildman–Crippen MR) is 90.5 cm³/mol. The summed E-state index contributed by atoms with van der Waals surface area (Å²) in [5.74, 6) is 1.31. The maximum Gasteiger partial charge on any atom is 0.248 e. The number of aromatic nitrogens is 3. The van der Waals surface area contributed by atoms with E-state index in [1.165, 1.54) is 18.6 Å². The van der Waals surface area contributed by atoms with Gasteiger partial charge in [-0.25, -0.2) is 9.67 Å². The first-order valence-corrected chi connectivity index (χ1v) is 9.65. The maximum absolute atomic E-state index is 9.07. The standard InChI is InChI=1S/C15H24N6OS/c1-23-15-17-14-16-13-11(10-21(14)18-15)2-3-12(13)20-6-4-19(5-7-20)8-9-22/h11-12,22H,2-10H2,1H3. The smallest absolute Gasteiger partial charge is 0.248 e. The van der Waals surface area contributed by atoms with Gasteiger partial charge in [0.25, 0.3) is 0 Å². The lowest BCUT2D eigenvalue weighted by Crippen LogP contribution is -2.52. The number of hydrogen-bond acceptors (Lipinski definition) is 7. The highest BCUT2D eigenvalue weighted by atomic mass is 32.2. The van der Waals surface area contributed by atoms with E-state index in [-0.39, 0.29) is 6.61 Å². The molecule has 1 N–H and O–H groups in total. The molecule has 1 saturated carbocycles. The summed E-state index contributed by atoms with van der Waals surface area (Å²) in [6.45, 7) is 6.21. The molecule has 2 aliphatic heterocycles. The average Bonchev–Trinajstić information content (AvgIpc) is 3.16. The molecule has 126 valence electrons. The molecule has 3 aliphatic rings. The summed E-state index contributed by atoms with van der Waals surface area (Å²) in [5, 5.41) is 14.4. The van der Waals surface area contributed by atoms with Crippen LogP contribution in [0.3, 0.4) is 0 Å². The molecule has 1 aromatic rings. The molecule has 7 nitrogen and oxygen atoms in total. The van der Waals surface area contributed by atoms with Crippen LogP contribution in [0.1, 0.15) is 12.8 Å². The third-order valence-corrected chi connectivity index (χ3v) is 5.79. The normalized spacial score (nSPS) is 28.5. The molecule has 1 aliphatic carbocycles. The highest BCUT2D eigenvalue weighted by Crippen LogP contribution is 2.35. The van der Waals surface area contributed by atoms with Crippen molar-refractivity contribution >= 4 is 23.4 Å². The minimum absolute atomic E-state index is 0.256. The van der Waals surface area contributed by atoms with Crippen molar-refractivity contribution in [1.29, 1.82) is 0 Å². The van der Waals surface area contributed by atoms with Crippen LogP contribution in [0.15, 0.2) is 10.1 Å². The monoisotopic (exact) mass is 336 g/mol. The molecular weight excluding hydrogens is 312 g/mol. The molecule has 0 aromatic carbocycles. The van der Waals surface area contributed by atoms with E-state index < -0.39 is 0 Å². The van der Waals surface area contributed by atoms with Crippen molar-refractivity contribution in [2.75, 3.05) is 45.6 Å². The van der Waals surface area contributed by atoms with Crippen molar-refractivity contribution in [3.8, 4) is 0 Å². The van der Waals surface area contributed by atoms with Gasteiger partial charge in [-0.05, 0) is 19.1 Å². The number of thioether (sulfide) groups is 1. The lowest BCUT2D eigenvalue weighted by atomic mass is 10.0. The number of rotatable bonds is 4. The van der Waals surface area contributed by atoms with Gasteiger partial charge < -0.3 is 5.11 Å². The van der Waals surface area contributed by atoms with E-state index in [0.29, 0.717) is 12.0 Å². The van der Waals surface area contributed by atoms with Gasteiger partial charge in [0.2, 0.25) is 11.1 Å². The van der Waals surface area contributed by atoms with Crippen LogP contribution >= 0.6 is 11.8 Å². The van der Waals surface area contributed by atoms with Crippen molar-refractivity contribution in [2.45, 2.75) is 30.6 Å². The highest BCUT2D eigenvalue weighted by Gasteiger charge is 2.39. The number of hydrogen-bond donors (Lipinski definition) is 1. The molecule has 23 heavy (non-hydrogen) atoms. The Bertz CT molecular complexity index is 595. The first-order valence-electron chi connectivity index (χ1n) is 8.43. The fourth-order valence-electron chi connectivity index (χ4n) is 4.02. The molecule has 1 aromatic heterocycles. The Balaban J connectivity index is 1.49. The number of fused-ring (bicyclic) bond motifs is 2. The third kappa shape index (κ3) is 2.93. The minimum atomic E-state index is 0.256. The van der Waals surface area contributed by atoms with Gasteiger partial charge in [-0.1, -0.05) is 11.8 Å². The molecule has 2 unspecified atom stereocenters. The summed E-state index contributed by atoms with van der Waals surface area (Å²) < 4.78 is 1.97. The second-order valence-corrected chi connectivity index (χ2v) is 7.28. The van der Waals surface area contributed by atoms with E-state index in [1.807, 2.05) is 10.9 Å². The molecule has 0 radical (unpaired) electrons. The number of β-amino-alcohol motifs (C(OH)–C–C–N with tert-alkyl or cyclic N) is 1. The number of piperazine rings is 1. The predicted octanol–water partition coefficient (Wildman–Crippen LogP) is 0.475. The number of aliphatic hydroxyl groups excluding tert-OH is 1. The summed E-state index contributed by atoms with van der Waals surface area (Å²) in [6.07, 6.45) is 4.40. The van der Waals surface area contributed by atoms with Gasteiger partial charge >= 0.3 is 0 Å². The fraction of sp³-hybridized carbons (Fsp3) is 0.800.